The summed E-state index contributed by atoms with van der Waals surface area (Å²) in [4.78, 5) is 10.3. The SMILES string of the molecule is C=CCOCC(O)CO.CC1=C(/C=C/C(C)=C/C=C/C(C)=C/C=O)C(C)(C)CCC1.CCOC(C)OCC. The second-order valence-corrected chi connectivity index (χ2v) is 9.72. The van der Waals surface area contributed by atoms with E-state index >= 15 is 0 Å². The Morgan fingerprint density at radius 2 is 1.71 bits per heavy atom. The molecule has 0 aromatic carbocycles. The van der Waals surface area contributed by atoms with Crippen LogP contribution < -0.4 is 0 Å². The fourth-order valence-electron chi connectivity index (χ4n) is 3.65. The third-order valence-corrected chi connectivity index (χ3v) is 5.66. The molecule has 0 radical (unpaired) electrons. The van der Waals surface area contributed by atoms with Crippen LogP contribution in [-0.4, -0.2) is 61.9 Å². The Hall–Kier alpha value is -2.09. The molecule has 2 N–H and O–H groups in total. The molecule has 0 saturated carbocycles. The van der Waals surface area contributed by atoms with E-state index in [4.69, 9.17) is 24.4 Å². The summed E-state index contributed by atoms with van der Waals surface area (Å²) in [6, 6.07) is 0. The highest BCUT2D eigenvalue weighted by Crippen LogP contribution is 2.40. The molecule has 0 spiro atoms. The second-order valence-electron chi connectivity index (χ2n) is 9.72. The van der Waals surface area contributed by atoms with Gasteiger partial charge >= 0.3 is 0 Å². The third kappa shape index (κ3) is 20.9. The first-order valence-electron chi connectivity index (χ1n) is 13.5. The molecule has 1 atom stereocenters. The number of hydrogen-bond donors (Lipinski definition) is 2. The average molecular weight is 535 g/mol. The molecule has 0 aromatic heterocycles. The second kappa shape index (κ2) is 24.0. The molecular formula is C32H54O6. The van der Waals surface area contributed by atoms with Gasteiger partial charge in [-0.05, 0) is 83.4 Å². The van der Waals surface area contributed by atoms with Crippen LogP contribution >= 0.6 is 0 Å². The van der Waals surface area contributed by atoms with Crippen molar-refractivity contribution in [2.75, 3.05) is 33.0 Å². The topological polar surface area (TPSA) is 85.2 Å². The smallest absolute Gasteiger partial charge is 0.154 e. The molecular weight excluding hydrogens is 480 g/mol. The van der Waals surface area contributed by atoms with Gasteiger partial charge in [0.25, 0.3) is 0 Å². The molecule has 1 aliphatic carbocycles. The Balaban J connectivity index is 0. The van der Waals surface area contributed by atoms with E-state index in [-0.39, 0.29) is 24.9 Å². The van der Waals surface area contributed by atoms with Gasteiger partial charge < -0.3 is 24.4 Å². The molecule has 0 saturated heterocycles. The van der Waals surface area contributed by atoms with Gasteiger partial charge in [0.15, 0.2) is 6.29 Å². The number of carbonyl (C=O) groups is 1. The molecule has 0 fully saturated rings. The van der Waals surface area contributed by atoms with Crippen LogP contribution in [0.3, 0.4) is 0 Å². The van der Waals surface area contributed by atoms with Gasteiger partial charge in [0.05, 0.1) is 19.8 Å². The number of hydrogen-bond acceptors (Lipinski definition) is 6. The van der Waals surface area contributed by atoms with Gasteiger partial charge in [-0.2, -0.15) is 0 Å². The Bertz CT molecular complexity index is 780. The van der Waals surface area contributed by atoms with Crippen molar-refractivity contribution in [2.24, 2.45) is 5.41 Å². The van der Waals surface area contributed by atoms with Crippen molar-refractivity contribution in [3.05, 3.63) is 71.4 Å². The van der Waals surface area contributed by atoms with Crippen molar-refractivity contribution in [3.8, 4) is 0 Å². The quantitative estimate of drug-likeness (QED) is 0.0647. The highest BCUT2D eigenvalue weighted by atomic mass is 16.7. The summed E-state index contributed by atoms with van der Waals surface area (Å²) in [5.41, 5.74) is 5.48. The van der Waals surface area contributed by atoms with Gasteiger partial charge in [-0.1, -0.05) is 61.4 Å². The Kier molecular flexibility index (Phi) is 24.0. The molecule has 6 heteroatoms. The highest BCUT2D eigenvalue weighted by molar-refractivity contribution is 5.66. The Morgan fingerprint density at radius 3 is 2.21 bits per heavy atom. The van der Waals surface area contributed by atoms with Crippen molar-refractivity contribution < 1.29 is 29.2 Å². The zero-order chi connectivity index (χ0) is 29.4. The van der Waals surface area contributed by atoms with E-state index in [1.165, 1.54) is 36.0 Å². The summed E-state index contributed by atoms with van der Waals surface area (Å²) < 4.78 is 14.9. The van der Waals surface area contributed by atoms with E-state index in [0.717, 1.165) is 25.1 Å². The maximum atomic E-state index is 10.3. The Morgan fingerprint density at radius 1 is 1.11 bits per heavy atom. The lowest BCUT2D eigenvalue weighted by molar-refractivity contribution is -0.123. The summed E-state index contributed by atoms with van der Waals surface area (Å²) in [7, 11) is 0. The van der Waals surface area contributed by atoms with Crippen LogP contribution in [0.15, 0.2) is 71.4 Å². The predicted octanol–water partition coefficient (Wildman–Crippen LogP) is 6.66. The first-order valence-corrected chi connectivity index (χ1v) is 13.5. The van der Waals surface area contributed by atoms with Crippen molar-refractivity contribution in [1.29, 1.82) is 0 Å². The molecule has 6 nitrogen and oxygen atoms in total. The number of rotatable bonds is 14. The van der Waals surface area contributed by atoms with Gasteiger partial charge in [0.2, 0.25) is 0 Å². The lowest BCUT2D eigenvalue weighted by atomic mass is 9.72. The van der Waals surface area contributed by atoms with E-state index in [9.17, 15) is 4.79 Å². The monoisotopic (exact) mass is 534 g/mol. The first-order chi connectivity index (χ1) is 18.0. The summed E-state index contributed by atoms with van der Waals surface area (Å²) in [5, 5.41) is 17.0. The minimum atomic E-state index is -0.759. The molecule has 0 bridgehead atoms. The van der Waals surface area contributed by atoms with Crippen LogP contribution in [-0.2, 0) is 19.0 Å². The van der Waals surface area contributed by atoms with Crippen molar-refractivity contribution in [2.45, 2.75) is 87.0 Å². The van der Waals surface area contributed by atoms with E-state index in [0.29, 0.717) is 6.61 Å². The normalized spacial score (nSPS) is 16.7. The first kappa shape index (κ1) is 38.1. The van der Waals surface area contributed by atoms with Crippen molar-refractivity contribution in [1.82, 2.24) is 0 Å². The number of aliphatic hydroxyl groups excluding tert-OH is 2. The van der Waals surface area contributed by atoms with E-state index in [1.54, 1.807) is 12.2 Å². The number of carbonyl (C=O) groups excluding carboxylic acids is 1. The highest BCUT2D eigenvalue weighted by Gasteiger charge is 2.26. The maximum absolute atomic E-state index is 10.3. The van der Waals surface area contributed by atoms with Gasteiger partial charge in [0, 0.05) is 13.2 Å². The molecule has 0 aliphatic heterocycles. The molecule has 0 aromatic rings. The van der Waals surface area contributed by atoms with Gasteiger partial charge in [0.1, 0.15) is 12.4 Å². The van der Waals surface area contributed by atoms with E-state index in [2.05, 4.69) is 52.5 Å². The maximum Gasteiger partial charge on any atom is 0.154 e. The molecule has 218 valence electrons. The zero-order valence-electron chi connectivity index (χ0n) is 25.2. The molecule has 1 aliphatic rings. The van der Waals surface area contributed by atoms with Crippen LogP contribution in [0.4, 0.5) is 0 Å². The van der Waals surface area contributed by atoms with Gasteiger partial charge in [-0.15, -0.1) is 6.58 Å². The molecule has 1 rings (SSSR count). The van der Waals surface area contributed by atoms with E-state index < -0.39 is 6.10 Å². The third-order valence-electron chi connectivity index (χ3n) is 5.66. The lowest BCUT2D eigenvalue weighted by Gasteiger charge is -2.32. The Labute approximate surface area is 232 Å². The van der Waals surface area contributed by atoms with Crippen molar-refractivity contribution in [3.63, 3.8) is 0 Å². The number of aldehydes is 1. The number of ether oxygens (including phenoxy) is 3. The van der Waals surface area contributed by atoms with Gasteiger partial charge in [-0.3, -0.25) is 4.79 Å². The molecule has 0 amide bonds. The minimum Gasteiger partial charge on any atom is -0.394 e. The number of aliphatic hydroxyl groups is 2. The fourth-order valence-corrected chi connectivity index (χ4v) is 3.65. The zero-order valence-corrected chi connectivity index (χ0v) is 25.2. The van der Waals surface area contributed by atoms with Crippen LogP contribution in [0.5, 0.6) is 0 Å². The van der Waals surface area contributed by atoms with Crippen LogP contribution in [0, 0.1) is 5.41 Å². The summed E-state index contributed by atoms with van der Waals surface area (Å²) in [5.74, 6) is 0. The standard InChI is InChI=1S/C20H28O.C6H12O3.C6H14O2/c1-16(8-6-9-17(2)13-15-21)11-12-19-18(3)10-7-14-20(19,4)5;1-2-3-9-5-6(8)4-7;1-4-7-6(3)8-5-2/h6,8-9,11-13,15H,7,10,14H2,1-5H3;2,6-8H,1,3-5H2;6H,4-5H2,1-3H3/b9-6+,12-11+,16-8+,17-13+;;. The predicted molar refractivity (Wildman–Crippen MR) is 159 cm³/mol. The largest absolute Gasteiger partial charge is 0.394 e. The minimum absolute atomic E-state index is 0.0370. The average Bonchev–Trinajstić information content (AvgIpc) is 2.84. The van der Waals surface area contributed by atoms with E-state index in [1.807, 2.05) is 39.8 Å². The van der Waals surface area contributed by atoms with Crippen LogP contribution in [0.1, 0.15) is 74.7 Å². The molecule has 1 unspecified atom stereocenters. The molecule has 38 heavy (non-hydrogen) atoms. The van der Waals surface area contributed by atoms with Crippen molar-refractivity contribution >= 4 is 6.29 Å². The lowest BCUT2D eigenvalue weighted by Crippen LogP contribution is -2.19. The summed E-state index contributed by atoms with van der Waals surface area (Å²) in [6.07, 6.45) is 17.4. The van der Waals surface area contributed by atoms with Crippen LogP contribution in [0.2, 0.25) is 0 Å². The number of allylic oxidation sites excluding steroid dienone is 10. The summed E-state index contributed by atoms with van der Waals surface area (Å²) >= 11 is 0. The summed E-state index contributed by atoms with van der Waals surface area (Å²) in [6.45, 7) is 21.9. The van der Waals surface area contributed by atoms with Crippen LogP contribution in [0.25, 0.3) is 0 Å². The fraction of sp³-hybridized carbons (Fsp3) is 0.594. The molecule has 0 heterocycles. The van der Waals surface area contributed by atoms with Gasteiger partial charge in [-0.25, -0.2) is 0 Å².